The van der Waals surface area contributed by atoms with E-state index in [4.69, 9.17) is 5.73 Å². The number of rotatable bonds is 1. The molecule has 2 heterocycles. The number of carbonyl (C=O) groups is 2. The number of hydrogen-bond acceptors (Lipinski definition) is 5. The summed E-state index contributed by atoms with van der Waals surface area (Å²) in [5, 5.41) is 2.26. The first-order valence-corrected chi connectivity index (χ1v) is 6.70. The number of nitrogens with zero attached hydrogens (tertiary/aromatic N) is 2. The largest absolute Gasteiger partial charge is 0.398 e. The number of anilines is 1. The molecule has 1 aromatic carbocycles. The van der Waals surface area contributed by atoms with E-state index in [1.165, 1.54) is 4.57 Å². The monoisotopic (exact) mass is 304 g/mol. The third-order valence-electron chi connectivity index (χ3n) is 3.70. The smallest absolute Gasteiger partial charge is 0.264 e. The summed E-state index contributed by atoms with van der Waals surface area (Å²) in [5.74, 6) is -1.25. The molecular weight excluding hydrogens is 291 g/mol. The summed E-state index contributed by atoms with van der Waals surface area (Å²) in [6, 6.07) is 1.33. The number of amides is 2. The Morgan fingerprint density at radius 1 is 1.36 bits per heavy atom. The fourth-order valence-corrected chi connectivity index (χ4v) is 2.73. The number of nitrogens with two attached hydrogens (primary N) is 1. The van der Waals surface area contributed by atoms with Crippen molar-refractivity contribution in [3.8, 4) is 0 Å². The van der Waals surface area contributed by atoms with Crippen molar-refractivity contribution < 1.29 is 14.0 Å². The number of nitrogens with one attached hydrogen (secondary N) is 1. The van der Waals surface area contributed by atoms with E-state index >= 15 is 0 Å². The number of benzene rings is 1. The summed E-state index contributed by atoms with van der Waals surface area (Å²) >= 11 is 0. The molecule has 3 N–H and O–H groups in total. The lowest BCUT2D eigenvalue weighted by Crippen LogP contribution is -2.45. The van der Waals surface area contributed by atoms with Gasteiger partial charge in [-0.25, -0.2) is 9.37 Å². The molecule has 0 aliphatic carbocycles. The van der Waals surface area contributed by atoms with Crippen LogP contribution in [0.5, 0.6) is 0 Å². The molecule has 3 rings (SSSR count). The molecule has 1 fully saturated rings. The van der Waals surface area contributed by atoms with Gasteiger partial charge < -0.3 is 5.73 Å². The van der Waals surface area contributed by atoms with Crippen LogP contribution in [0.25, 0.3) is 10.9 Å². The highest BCUT2D eigenvalue weighted by Gasteiger charge is 2.30. The van der Waals surface area contributed by atoms with Crippen LogP contribution in [-0.2, 0) is 9.59 Å². The van der Waals surface area contributed by atoms with Crippen LogP contribution >= 0.6 is 0 Å². The molecule has 2 aromatic rings. The third-order valence-corrected chi connectivity index (χ3v) is 3.70. The van der Waals surface area contributed by atoms with Crippen LogP contribution in [0.3, 0.4) is 0 Å². The van der Waals surface area contributed by atoms with E-state index in [9.17, 15) is 18.8 Å². The molecule has 8 heteroatoms. The average Bonchev–Trinajstić information content (AvgIpc) is 2.39. The van der Waals surface area contributed by atoms with Gasteiger partial charge in [0.25, 0.3) is 5.56 Å². The van der Waals surface area contributed by atoms with E-state index in [2.05, 4.69) is 10.3 Å². The zero-order chi connectivity index (χ0) is 16.0. The Balaban J connectivity index is 2.25. The summed E-state index contributed by atoms with van der Waals surface area (Å²) in [7, 11) is 0. The van der Waals surface area contributed by atoms with Crippen LogP contribution < -0.4 is 16.6 Å². The Bertz CT molecular complexity index is 874. The highest BCUT2D eigenvalue weighted by Crippen LogP contribution is 2.22. The SMILES string of the molecule is Cc1nc2cc(F)cc(N)c2c(=O)n1C1CCC(=O)NC1=O. The van der Waals surface area contributed by atoms with E-state index in [0.29, 0.717) is 0 Å². The maximum absolute atomic E-state index is 13.4. The zero-order valence-corrected chi connectivity index (χ0v) is 11.7. The number of hydrogen-bond donors (Lipinski definition) is 2. The number of piperidine rings is 1. The zero-order valence-electron chi connectivity index (χ0n) is 11.7. The highest BCUT2D eigenvalue weighted by atomic mass is 19.1. The van der Waals surface area contributed by atoms with Crippen molar-refractivity contribution in [2.45, 2.75) is 25.8 Å². The number of halogens is 1. The molecular formula is C14H13FN4O3. The van der Waals surface area contributed by atoms with Gasteiger partial charge in [0, 0.05) is 18.2 Å². The summed E-state index contributed by atoms with van der Waals surface area (Å²) < 4.78 is 14.6. The van der Waals surface area contributed by atoms with Crippen LogP contribution in [-0.4, -0.2) is 21.4 Å². The van der Waals surface area contributed by atoms with E-state index < -0.39 is 23.3 Å². The molecule has 1 aliphatic heterocycles. The van der Waals surface area contributed by atoms with E-state index in [1.54, 1.807) is 6.92 Å². The van der Waals surface area contributed by atoms with Gasteiger partial charge in [-0.2, -0.15) is 0 Å². The first-order chi connectivity index (χ1) is 10.4. The fourth-order valence-electron chi connectivity index (χ4n) is 2.73. The predicted octanol–water partition coefficient (Wildman–Crippen LogP) is 0.404. The fraction of sp³-hybridized carbons (Fsp3) is 0.286. The van der Waals surface area contributed by atoms with Gasteiger partial charge in [0.15, 0.2) is 0 Å². The number of aromatic nitrogens is 2. The molecule has 1 aromatic heterocycles. The lowest BCUT2D eigenvalue weighted by Gasteiger charge is -2.24. The van der Waals surface area contributed by atoms with Crippen molar-refractivity contribution in [1.29, 1.82) is 0 Å². The van der Waals surface area contributed by atoms with Gasteiger partial charge in [-0.05, 0) is 19.4 Å². The van der Waals surface area contributed by atoms with Gasteiger partial charge in [-0.1, -0.05) is 0 Å². The van der Waals surface area contributed by atoms with Gasteiger partial charge in [0.1, 0.15) is 17.7 Å². The quantitative estimate of drug-likeness (QED) is 0.586. The second-order valence-corrected chi connectivity index (χ2v) is 5.19. The Morgan fingerprint density at radius 3 is 2.77 bits per heavy atom. The lowest BCUT2D eigenvalue weighted by atomic mass is 10.1. The maximum Gasteiger partial charge on any atom is 0.264 e. The van der Waals surface area contributed by atoms with Crippen molar-refractivity contribution in [2.24, 2.45) is 0 Å². The molecule has 1 unspecified atom stereocenters. The summed E-state index contributed by atoms with van der Waals surface area (Å²) in [4.78, 5) is 40.0. The van der Waals surface area contributed by atoms with Crippen LogP contribution in [0.1, 0.15) is 24.7 Å². The van der Waals surface area contributed by atoms with Gasteiger partial charge in [-0.3, -0.25) is 24.3 Å². The molecule has 0 saturated carbocycles. The van der Waals surface area contributed by atoms with Crippen molar-refractivity contribution in [1.82, 2.24) is 14.9 Å². The molecule has 22 heavy (non-hydrogen) atoms. The molecule has 1 aliphatic rings. The first-order valence-electron chi connectivity index (χ1n) is 6.70. The Labute approximate surface area is 123 Å². The van der Waals surface area contributed by atoms with Crippen molar-refractivity contribution in [3.05, 3.63) is 34.1 Å². The standard InChI is InChI=1S/C14H13FN4O3/c1-6-17-9-5-7(15)4-8(16)12(9)14(22)19(6)10-2-3-11(20)18-13(10)21/h4-5,10H,2-3,16H2,1H3,(H,18,20,21). The topological polar surface area (TPSA) is 107 Å². The molecule has 0 bridgehead atoms. The molecule has 1 atom stereocenters. The second-order valence-electron chi connectivity index (χ2n) is 5.19. The van der Waals surface area contributed by atoms with Crippen molar-refractivity contribution in [2.75, 3.05) is 5.73 Å². The molecule has 0 spiro atoms. The van der Waals surface area contributed by atoms with Crippen LogP contribution in [0, 0.1) is 12.7 Å². The summed E-state index contributed by atoms with van der Waals surface area (Å²) in [6.07, 6.45) is 0.346. The Hall–Kier alpha value is -2.77. The van der Waals surface area contributed by atoms with Crippen LogP contribution in [0.15, 0.2) is 16.9 Å². The van der Waals surface area contributed by atoms with E-state index in [1.807, 2.05) is 0 Å². The third kappa shape index (κ3) is 2.12. The van der Waals surface area contributed by atoms with E-state index in [0.717, 1.165) is 12.1 Å². The van der Waals surface area contributed by atoms with Crippen molar-refractivity contribution >= 4 is 28.4 Å². The minimum atomic E-state index is -0.827. The van der Waals surface area contributed by atoms with Crippen molar-refractivity contribution in [3.63, 3.8) is 0 Å². The van der Waals surface area contributed by atoms with Gasteiger partial charge in [-0.15, -0.1) is 0 Å². The molecule has 2 amide bonds. The second kappa shape index (κ2) is 4.90. The van der Waals surface area contributed by atoms with Crippen LogP contribution in [0.2, 0.25) is 0 Å². The minimum absolute atomic E-state index is 0.0338. The maximum atomic E-state index is 13.4. The number of carbonyl (C=O) groups excluding carboxylic acids is 2. The Kier molecular flexibility index (Phi) is 3.16. The van der Waals surface area contributed by atoms with E-state index in [-0.39, 0.29) is 41.2 Å². The molecule has 7 nitrogen and oxygen atoms in total. The molecule has 0 radical (unpaired) electrons. The first kappa shape index (κ1) is 14.2. The number of aryl methyl sites for hydroxylation is 1. The summed E-state index contributed by atoms with van der Waals surface area (Å²) in [5.41, 5.74) is 5.30. The number of nitrogen functional groups attached to an aromatic ring is 1. The van der Waals surface area contributed by atoms with Gasteiger partial charge in [0.05, 0.1) is 10.9 Å². The van der Waals surface area contributed by atoms with Gasteiger partial charge >= 0.3 is 0 Å². The predicted molar refractivity (Wildman–Crippen MR) is 76.5 cm³/mol. The summed E-state index contributed by atoms with van der Waals surface area (Å²) in [6.45, 7) is 1.55. The minimum Gasteiger partial charge on any atom is -0.398 e. The van der Waals surface area contributed by atoms with Gasteiger partial charge in [0.2, 0.25) is 11.8 Å². The number of imide groups is 1. The average molecular weight is 304 g/mol. The molecule has 1 saturated heterocycles. The van der Waals surface area contributed by atoms with Crippen LogP contribution in [0.4, 0.5) is 10.1 Å². The lowest BCUT2D eigenvalue weighted by molar-refractivity contribution is -0.135. The Morgan fingerprint density at radius 2 is 2.09 bits per heavy atom. The number of fused-ring (bicyclic) bond motifs is 1. The normalized spacial score (nSPS) is 18.5. The highest BCUT2D eigenvalue weighted by molar-refractivity contribution is 5.99. The molecule has 114 valence electrons.